The van der Waals surface area contributed by atoms with Gasteiger partial charge in [0.1, 0.15) is 5.75 Å². The Morgan fingerprint density at radius 3 is 2.45 bits per heavy atom. The highest BCUT2D eigenvalue weighted by Crippen LogP contribution is 2.51. The predicted octanol–water partition coefficient (Wildman–Crippen LogP) is 5.89. The van der Waals surface area contributed by atoms with Gasteiger partial charge in [-0.2, -0.15) is 5.26 Å². The highest BCUT2D eigenvalue weighted by molar-refractivity contribution is 5.81. The first kappa shape index (κ1) is 22.7. The molecule has 3 aromatic rings. The van der Waals surface area contributed by atoms with E-state index < -0.39 is 12.6 Å². The van der Waals surface area contributed by atoms with Crippen LogP contribution in [0.3, 0.4) is 0 Å². The van der Waals surface area contributed by atoms with E-state index in [1.165, 1.54) is 0 Å². The van der Waals surface area contributed by atoms with E-state index in [1.54, 1.807) is 24.3 Å². The summed E-state index contributed by atoms with van der Waals surface area (Å²) in [5.41, 5.74) is 3.56. The molecule has 1 aromatic heterocycles. The molecule has 33 heavy (non-hydrogen) atoms. The van der Waals surface area contributed by atoms with Crippen LogP contribution >= 0.6 is 0 Å². The third-order valence-corrected chi connectivity index (χ3v) is 6.19. The topological polar surface area (TPSA) is 100 Å². The fourth-order valence-corrected chi connectivity index (χ4v) is 5.50. The molecule has 0 atom stereocenters. The van der Waals surface area contributed by atoms with Crippen LogP contribution in [0.15, 0.2) is 42.5 Å². The number of carboxylic acid groups (broad SMARTS) is 1. The van der Waals surface area contributed by atoms with Gasteiger partial charge in [-0.05, 0) is 66.5 Å². The van der Waals surface area contributed by atoms with Crippen molar-refractivity contribution in [3.8, 4) is 11.8 Å². The lowest BCUT2D eigenvalue weighted by Crippen LogP contribution is -2.35. The average Bonchev–Trinajstić information content (AvgIpc) is 3.07. The van der Waals surface area contributed by atoms with E-state index in [0.717, 1.165) is 41.9 Å². The van der Waals surface area contributed by atoms with Gasteiger partial charge < -0.3 is 19.7 Å². The van der Waals surface area contributed by atoms with Crippen molar-refractivity contribution in [1.82, 2.24) is 9.55 Å². The predicted molar refractivity (Wildman–Crippen MR) is 128 cm³/mol. The standard InChI is InChI=1S/C26H30N4O3/c1-25(2)12-19(13-26(3,4)16-25)30-22-10-9-20(33-15-23(31)32)11-21(22)29-24(30)28-18-7-5-17(14-27)6-8-18/h5-11,19H,12-13,15-16H2,1-4H3,(H,28,29)(H,31,32). The maximum atomic E-state index is 10.9. The Hall–Kier alpha value is -3.53. The summed E-state index contributed by atoms with van der Waals surface area (Å²) in [5, 5.41) is 21.5. The Balaban J connectivity index is 1.78. The van der Waals surface area contributed by atoms with Crippen LogP contribution in [0.1, 0.15) is 58.6 Å². The van der Waals surface area contributed by atoms with Gasteiger partial charge >= 0.3 is 5.97 Å². The lowest BCUT2D eigenvalue weighted by atomic mass is 9.63. The number of nitriles is 1. The second-order valence-electron chi connectivity index (χ2n) is 10.5. The van der Waals surface area contributed by atoms with Crippen LogP contribution in [0.25, 0.3) is 11.0 Å². The van der Waals surface area contributed by atoms with Crippen LogP contribution in [0.2, 0.25) is 0 Å². The highest BCUT2D eigenvalue weighted by Gasteiger charge is 2.40. The molecule has 7 nitrogen and oxygen atoms in total. The molecule has 0 spiro atoms. The molecular weight excluding hydrogens is 416 g/mol. The number of ether oxygens (including phenoxy) is 1. The van der Waals surface area contributed by atoms with Gasteiger partial charge in [-0.15, -0.1) is 0 Å². The van der Waals surface area contributed by atoms with Crippen molar-refractivity contribution < 1.29 is 14.6 Å². The van der Waals surface area contributed by atoms with Crippen molar-refractivity contribution in [1.29, 1.82) is 5.26 Å². The molecule has 0 unspecified atom stereocenters. The first-order chi connectivity index (χ1) is 15.5. The minimum Gasteiger partial charge on any atom is -0.482 e. The Labute approximate surface area is 194 Å². The molecule has 1 aliphatic carbocycles. The minimum atomic E-state index is -1.02. The number of rotatable bonds is 6. The van der Waals surface area contributed by atoms with Gasteiger partial charge in [-0.1, -0.05) is 27.7 Å². The van der Waals surface area contributed by atoms with Gasteiger partial charge in [0.15, 0.2) is 6.61 Å². The van der Waals surface area contributed by atoms with E-state index in [0.29, 0.717) is 11.3 Å². The Bertz CT molecular complexity index is 1200. The summed E-state index contributed by atoms with van der Waals surface area (Å²) in [7, 11) is 0. The summed E-state index contributed by atoms with van der Waals surface area (Å²) in [5.74, 6) is 0.183. The summed E-state index contributed by atoms with van der Waals surface area (Å²) in [6, 6.07) is 15.2. The average molecular weight is 447 g/mol. The van der Waals surface area contributed by atoms with Gasteiger partial charge in [-0.3, -0.25) is 0 Å². The van der Waals surface area contributed by atoms with Crippen molar-refractivity contribution in [2.75, 3.05) is 11.9 Å². The molecule has 2 aromatic carbocycles. The fraction of sp³-hybridized carbons (Fsp3) is 0.423. The Morgan fingerprint density at radius 2 is 1.85 bits per heavy atom. The van der Waals surface area contributed by atoms with Crippen molar-refractivity contribution >= 4 is 28.6 Å². The summed E-state index contributed by atoms with van der Waals surface area (Å²) in [6.07, 6.45) is 3.22. The number of aliphatic carboxylic acids is 1. The van der Waals surface area contributed by atoms with E-state index in [-0.39, 0.29) is 16.9 Å². The molecular formula is C26H30N4O3. The maximum absolute atomic E-state index is 10.9. The van der Waals surface area contributed by atoms with Gasteiger partial charge in [-0.25, -0.2) is 9.78 Å². The molecule has 0 aliphatic heterocycles. The third-order valence-electron chi connectivity index (χ3n) is 6.19. The molecule has 7 heteroatoms. The number of fused-ring (bicyclic) bond motifs is 1. The number of hydrogen-bond donors (Lipinski definition) is 2. The summed E-state index contributed by atoms with van der Waals surface area (Å²) in [4.78, 5) is 15.8. The molecule has 1 fully saturated rings. The molecule has 172 valence electrons. The first-order valence-electron chi connectivity index (χ1n) is 11.2. The molecule has 1 saturated carbocycles. The lowest BCUT2D eigenvalue weighted by Gasteiger charge is -2.45. The van der Waals surface area contributed by atoms with Crippen LogP contribution in [0, 0.1) is 22.2 Å². The van der Waals surface area contributed by atoms with E-state index in [2.05, 4.69) is 43.6 Å². The van der Waals surface area contributed by atoms with Gasteiger partial charge in [0.25, 0.3) is 0 Å². The van der Waals surface area contributed by atoms with Crippen LogP contribution < -0.4 is 10.1 Å². The fourth-order valence-electron chi connectivity index (χ4n) is 5.50. The number of nitrogens with one attached hydrogen (secondary N) is 1. The number of anilines is 2. The smallest absolute Gasteiger partial charge is 0.341 e. The van der Waals surface area contributed by atoms with Gasteiger partial charge in [0.2, 0.25) is 5.95 Å². The normalized spacial score (nSPS) is 17.4. The molecule has 0 amide bonds. The third kappa shape index (κ3) is 5.11. The maximum Gasteiger partial charge on any atom is 0.341 e. The molecule has 0 saturated heterocycles. The van der Waals surface area contributed by atoms with Crippen molar-refractivity contribution in [2.45, 2.75) is 53.0 Å². The Kier molecular flexibility index (Phi) is 5.79. The second kappa shape index (κ2) is 8.43. The van der Waals surface area contributed by atoms with Crippen molar-refractivity contribution in [3.05, 3.63) is 48.0 Å². The molecule has 1 aliphatic rings. The van der Waals surface area contributed by atoms with E-state index in [1.807, 2.05) is 18.2 Å². The first-order valence-corrected chi connectivity index (χ1v) is 11.2. The zero-order valence-electron chi connectivity index (χ0n) is 19.6. The minimum absolute atomic E-state index is 0.194. The van der Waals surface area contributed by atoms with Crippen LogP contribution in [-0.4, -0.2) is 27.2 Å². The molecule has 4 rings (SSSR count). The van der Waals surface area contributed by atoms with Crippen LogP contribution in [0.5, 0.6) is 5.75 Å². The molecule has 0 bridgehead atoms. The van der Waals surface area contributed by atoms with Gasteiger partial charge in [0, 0.05) is 17.8 Å². The quantitative estimate of drug-likeness (QED) is 0.489. The highest BCUT2D eigenvalue weighted by atomic mass is 16.5. The summed E-state index contributed by atoms with van der Waals surface area (Å²) < 4.78 is 7.66. The number of aromatic nitrogens is 2. The number of benzene rings is 2. The van der Waals surface area contributed by atoms with Crippen LogP contribution in [-0.2, 0) is 4.79 Å². The van der Waals surface area contributed by atoms with Crippen molar-refractivity contribution in [3.63, 3.8) is 0 Å². The summed E-state index contributed by atoms with van der Waals surface area (Å²) >= 11 is 0. The SMILES string of the molecule is CC1(C)CC(n2c(Nc3ccc(C#N)cc3)nc3cc(OCC(=O)O)ccc32)CC(C)(C)C1. The zero-order valence-corrected chi connectivity index (χ0v) is 19.6. The number of carboxylic acids is 1. The number of carbonyl (C=O) groups is 1. The molecule has 0 radical (unpaired) electrons. The van der Waals surface area contributed by atoms with Gasteiger partial charge in [0.05, 0.1) is 22.7 Å². The summed E-state index contributed by atoms with van der Waals surface area (Å²) in [6.45, 7) is 8.90. The van der Waals surface area contributed by atoms with Crippen molar-refractivity contribution in [2.24, 2.45) is 10.8 Å². The van der Waals surface area contributed by atoms with E-state index in [9.17, 15) is 4.79 Å². The van der Waals surface area contributed by atoms with Crippen LogP contribution in [0.4, 0.5) is 11.6 Å². The second-order valence-corrected chi connectivity index (χ2v) is 10.5. The van der Waals surface area contributed by atoms with E-state index >= 15 is 0 Å². The number of nitrogens with zero attached hydrogens (tertiary/aromatic N) is 3. The number of hydrogen-bond acceptors (Lipinski definition) is 5. The monoisotopic (exact) mass is 446 g/mol. The molecule has 1 heterocycles. The largest absolute Gasteiger partial charge is 0.482 e. The zero-order chi connectivity index (χ0) is 23.8. The molecule has 2 N–H and O–H groups in total. The lowest BCUT2D eigenvalue weighted by molar-refractivity contribution is -0.139. The Morgan fingerprint density at radius 1 is 1.18 bits per heavy atom. The number of imidazole rings is 1. The van der Waals surface area contributed by atoms with E-state index in [4.69, 9.17) is 20.1 Å².